The van der Waals surface area contributed by atoms with Gasteiger partial charge in [-0.1, -0.05) is 13.0 Å². The average Bonchev–Trinajstić information content (AvgIpc) is 2.23. The van der Waals surface area contributed by atoms with Crippen LogP contribution < -0.4 is 5.32 Å². The summed E-state index contributed by atoms with van der Waals surface area (Å²) in [5.74, 6) is -0.247. The van der Waals surface area contributed by atoms with E-state index >= 15 is 0 Å². The molecule has 0 spiro atoms. The molecule has 1 aromatic rings. The fourth-order valence-corrected chi connectivity index (χ4v) is 1.84. The lowest BCUT2D eigenvalue weighted by Gasteiger charge is -2.24. The van der Waals surface area contributed by atoms with E-state index in [0.29, 0.717) is 13.0 Å². The minimum atomic E-state index is -0.840. The van der Waals surface area contributed by atoms with Crippen LogP contribution >= 0.6 is 0 Å². The van der Waals surface area contributed by atoms with Crippen LogP contribution in [0, 0.1) is 12.7 Å². The number of nitrogens with one attached hydrogen (secondary N) is 1. The molecule has 17 heavy (non-hydrogen) atoms. The van der Waals surface area contributed by atoms with Gasteiger partial charge >= 0.3 is 0 Å². The Kier molecular flexibility index (Phi) is 5.09. The van der Waals surface area contributed by atoms with Crippen molar-refractivity contribution in [3.63, 3.8) is 0 Å². The fourth-order valence-electron chi connectivity index (χ4n) is 1.84. The monoisotopic (exact) mass is 239 g/mol. The molecule has 2 N–H and O–H groups in total. The Labute approximate surface area is 103 Å². The molecule has 0 fully saturated rings. The van der Waals surface area contributed by atoms with E-state index in [0.717, 1.165) is 24.1 Å². The van der Waals surface area contributed by atoms with Crippen molar-refractivity contribution >= 4 is 0 Å². The second kappa shape index (κ2) is 6.12. The van der Waals surface area contributed by atoms with Crippen LogP contribution in [0.15, 0.2) is 18.2 Å². The molecule has 1 atom stereocenters. The van der Waals surface area contributed by atoms with Crippen molar-refractivity contribution in [3.8, 4) is 0 Å². The van der Waals surface area contributed by atoms with Crippen LogP contribution in [0.1, 0.15) is 31.4 Å². The van der Waals surface area contributed by atoms with E-state index in [2.05, 4.69) is 12.2 Å². The highest BCUT2D eigenvalue weighted by Crippen LogP contribution is 2.17. The zero-order valence-electron chi connectivity index (χ0n) is 10.9. The molecule has 0 aliphatic heterocycles. The highest BCUT2D eigenvalue weighted by atomic mass is 19.1. The van der Waals surface area contributed by atoms with Gasteiger partial charge in [0, 0.05) is 13.0 Å². The van der Waals surface area contributed by atoms with Gasteiger partial charge in [-0.2, -0.15) is 0 Å². The number of aliphatic hydroxyl groups is 1. The largest absolute Gasteiger partial charge is 0.389 e. The smallest absolute Gasteiger partial charge is 0.123 e. The first-order valence-electron chi connectivity index (χ1n) is 6.13. The number of halogens is 1. The zero-order valence-corrected chi connectivity index (χ0v) is 10.9. The van der Waals surface area contributed by atoms with Crippen molar-refractivity contribution in [1.82, 2.24) is 5.32 Å². The number of hydrogen-bond acceptors (Lipinski definition) is 2. The second-order valence-electron chi connectivity index (χ2n) is 4.92. The van der Waals surface area contributed by atoms with Gasteiger partial charge < -0.3 is 10.4 Å². The topological polar surface area (TPSA) is 32.3 Å². The molecular formula is C14H22FNO. The van der Waals surface area contributed by atoms with E-state index in [1.54, 1.807) is 13.0 Å². The van der Waals surface area contributed by atoms with Gasteiger partial charge in [-0.15, -0.1) is 0 Å². The van der Waals surface area contributed by atoms with Crippen LogP contribution in [0.4, 0.5) is 4.39 Å². The van der Waals surface area contributed by atoms with Crippen LogP contribution in [-0.4, -0.2) is 23.8 Å². The van der Waals surface area contributed by atoms with Crippen LogP contribution in [0.25, 0.3) is 0 Å². The molecule has 1 rings (SSSR count). The van der Waals surface area contributed by atoms with E-state index in [-0.39, 0.29) is 5.82 Å². The summed E-state index contributed by atoms with van der Waals surface area (Å²) in [4.78, 5) is 0. The summed E-state index contributed by atoms with van der Waals surface area (Å²) in [6.45, 7) is 7.21. The maximum absolute atomic E-state index is 13.1. The van der Waals surface area contributed by atoms with Crippen LogP contribution in [0.2, 0.25) is 0 Å². The first kappa shape index (κ1) is 14.1. The number of benzene rings is 1. The number of rotatable bonds is 6. The molecule has 0 saturated heterocycles. The molecule has 0 saturated carbocycles. The van der Waals surface area contributed by atoms with Crippen LogP contribution in [0.3, 0.4) is 0 Å². The summed E-state index contributed by atoms with van der Waals surface area (Å²) < 4.78 is 13.1. The zero-order chi connectivity index (χ0) is 12.9. The second-order valence-corrected chi connectivity index (χ2v) is 4.92. The Morgan fingerprint density at radius 2 is 2.12 bits per heavy atom. The fraction of sp³-hybridized carbons (Fsp3) is 0.571. The van der Waals surface area contributed by atoms with Crippen molar-refractivity contribution in [2.45, 2.75) is 39.2 Å². The molecule has 0 aliphatic rings. The quantitative estimate of drug-likeness (QED) is 0.747. The van der Waals surface area contributed by atoms with Crippen molar-refractivity contribution < 1.29 is 9.50 Å². The molecule has 2 nitrogen and oxygen atoms in total. The lowest BCUT2D eigenvalue weighted by molar-refractivity contribution is 0.0601. The summed E-state index contributed by atoms with van der Waals surface area (Å²) in [5.41, 5.74) is 1.05. The first-order chi connectivity index (χ1) is 7.94. The Balaban J connectivity index is 2.65. The van der Waals surface area contributed by atoms with Gasteiger partial charge in [0.05, 0.1) is 5.60 Å². The lowest BCUT2D eigenvalue weighted by Crippen LogP contribution is -2.40. The van der Waals surface area contributed by atoms with E-state index in [4.69, 9.17) is 0 Å². The average molecular weight is 239 g/mol. The SMILES string of the molecule is CCCNCC(C)(O)Cc1cc(F)ccc1C. The third kappa shape index (κ3) is 4.84. The molecule has 0 amide bonds. The van der Waals surface area contributed by atoms with Gasteiger partial charge in [0.1, 0.15) is 5.82 Å². The van der Waals surface area contributed by atoms with E-state index in [9.17, 15) is 9.50 Å². The molecule has 1 aromatic carbocycles. The minimum absolute atomic E-state index is 0.247. The summed E-state index contributed by atoms with van der Waals surface area (Å²) >= 11 is 0. The normalized spacial score (nSPS) is 14.6. The first-order valence-corrected chi connectivity index (χ1v) is 6.13. The van der Waals surface area contributed by atoms with Crippen LogP contribution in [-0.2, 0) is 6.42 Å². The lowest BCUT2D eigenvalue weighted by atomic mass is 9.93. The standard InChI is InChI=1S/C14H22FNO/c1-4-7-16-10-14(3,17)9-12-8-13(15)6-5-11(12)2/h5-6,8,16-17H,4,7,9-10H2,1-3H3. The van der Waals surface area contributed by atoms with Gasteiger partial charge in [-0.05, 0) is 50.1 Å². The summed E-state index contributed by atoms with van der Waals surface area (Å²) in [5, 5.41) is 13.4. The molecule has 0 radical (unpaired) electrons. The number of aryl methyl sites for hydroxylation is 1. The predicted octanol–water partition coefficient (Wildman–Crippen LogP) is 2.43. The van der Waals surface area contributed by atoms with E-state index in [1.165, 1.54) is 12.1 Å². The molecule has 0 heterocycles. The molecule has 0 aromatic heterocycles. The Bertz CT molecular complexity index is 363. The highest BCUT2D eigenvalue weighted by Gasteiger charge is 2.21. The van der Waals surface area contributed by atoms with Crippen molar-refractivity contribution in [3.05, 3.63) is 35.1 Å². The molecular weight excluding hydrogens is 217 g/mol. The molecule has 0 bridgehead atoms. The number of hydrogen-bond donors (Lipinski definition) is 2. The van der Waals surface area contributed by atoms with E-state index < -0.39 is 5.60 Å². The molecule has 3 heteroatoms. The maximum Gasteiger partial charge on any atom is 0.123 e. The van der Waals surface area contributed by atoms with Gasteiger partial charge in [-0.3, -0.25) is 0 Å². The summed E-state index contributed by atoms with van der Waals surface area (Å²) in [7, 11) is 0. The van der Waals surface area contributed by atoms with Crippen molar-refractivity contribution in [1.29, 1.82) is 0 Å². The molecule has 0 aliphatic carbocycles. The predicted molar refractivity (Wildman–Crippen MR) is 68.6 cm³/mol. The Hall–Kier alpha value is -0.930. The maximum atomic E-state index is 13.1. The van der Waals surface area contributed by atoms with Crippen molar-refractivity contribution in [2.75, 3.05) is 13.1 Å². The Morgan fingerprint density at radius 1 is 1.41 bits per heavy atom. The van der Waals surface area contributed by atoms with Gasteiger partial charge in [-0.25, -0.2) is 4.39 Å². The van der Waals surface area contributed by atoms with Crippen LogP contribution in [0.5, 0.6) is 0 Å². The summed E-state index contributed by atoms with van der Waals surface area (Å²) in [6, 6.07) is 4.70. The van der Waals surface area contributed by atoms with E-state index in [1.807, 2.05) is 6.92 Å². The molecule has 1 unspecified atom stereocenters. The Morgan fingerprint density at radius 3 is 2.76 bits per heavy atom. The molecule has 96 valence electrons. The highest BCUT2D eigenvalue weighted by molar-refractivity contribution is 5.28. The summed E-state index contributed by atoms with van der Waals surface area (Å²) in [6.07, 6.45) is 1.50. The van der Waals surface area contributed by atoms with Gasteiger partial charge in [0.25, 0.3) is 0 Å². The van der Waals surface area contributed by atoms with Crippen molar-refractivity contribution in [2.24, 2.45) is 0 Å². The third-order valence-electron chi connectivity index (χ3n) is 2.82. The van der Waals surface area contributed by atoms with Gasteiger partial charge in [0.2, 0.25) is 0 Å². The minimum Gasteiger partial charge on any atom is -0.389 e. The third-order valence-corrected chi connectivity index (χ3v) is 2.82. The van der Waals surface area contributed by atoms with Gasteiger partial charge in [0.15, 0.2) is 0 Å².